The highest BCUT2D eigenvalue weighted by Gasteiger charge is 2.20. The van der Waals surface area contributed by atoms with Crippen molar-refractivity contribution in [3.63, 3.8) is 0 Å². The number of nitrogens with one attached hydrogen (secondary N) is 3. The van der Waals surface area contributed by atoms with Crippen LogP contribution in [0.5, 0.6) is 0 Å². The molecule has 10 heteroatoms. The van der Waals surface area contributed by atoms with Gasteiger partial charge in [-0.15, -0.1) is 11.8 Å². The fourth-order valence-electron chi connectivity index (χ4n) is 4.02. The van der Waals surface area contributed by atoms with E-state index in [0.29, 0.717) is 44.0 Å². The van der Waals surface area contributed by atoms with Crippen LogP contribution in [0.25, 0.3) is 6.08 Å². The summed E-state index contributed by atoms with van der Waals surface area (Å²) in [6.07, 6.45) is 2.01. The van der Waals surface area contributed by atoms with Crippen molar-refractivity contribution in [1.29, 1.82) is 0 Å². The van der Waals surface area contributed by atoms with Crippen molar-refractivity contribution in [3.8, 4) is 0 Å². The molecule has 0 spiro atoms. The van der Waals surface area contributed by atoms with Crippen LogP contribution in [0.4, 0.5) is 11.4 Å². The zero-order valence-corrected chi connectivity index (χ0v) is 26.4. The monoisotopic (exact) mass is 651 g/mol. The summed E-state index contributed by atoms with van der Waals surface area (Å²) < 4.78 is 0. The molecule has 0 aliphatic carbocycles. The van der Waals surface area contributed by atoms with Gasteiger partial charge in [0.15, 0.2) is 0 Å². The molecular formula is C33H28Cl3N3O3S. The maximum absolute atomic E-state index is 13.5. The van der Waals surface area contributed by atoms with E-state index in [9.17, 15) is 14.4 Å². The van der Waals surface area contributed by atoms with E-state index in [4.69, 9.17) is 34.8 Å². The quantitative estimate of drug-likeness (QED) is 0.118. The second-order valence-electron chi connectivity index (χ2n) is 9.41. The molecule has 0 saturated carbocycles. The van der Waals surface area contributed by atoms with Crippen molar-refractivity contribution in [1.82, 2.24) is 5.32 Å². The standard InChI is InChI=1S/C33H28Cl3N3O3S/c1-3-30(33(42)38-28-17-9-14-25(34)20(28)2)43-23-13-7-12-22(18-23)37-32(41)29(19-24-26(35)15-8-16-27(24)36)39-31(40)21-10-5-4-6-11-21/h4-19,30H,3H2,1-2H3,(H,37,41)(H,38,42)(H,39,40)/b29-19+. The first-order valence-corrected chi connectivity index (χ1v) is 15.3. The molecule has 220 valence electrons. The van der Waals surface area contributed by atoms with Gasteiger partial charge >= 0.3 is 0 Å². The lowest BCUT2D eigenvalue weighted by Gasteiger charge is -2.17. The number of carbonyl (C=O) groups is 3. The van der Waals surface area contributed by atoms with Gasteiger partial charge in [-0.05, 0) is 79.6 Å². The molecule has 0 radical (unpaired) electrons. The van der Waals surface area contributed by atoms with Crippen LogP contribution in [0.2, 0.25) is 15.1 Å². The van der Waals surface area contributed by atoms with Crippen molar-refractivity contribution in [2.75, 3.05) is 10.6 Å². The molecule has 0 aliphatic heterocycles. The van der Waals surface area contributed by atoms with Crippen molar-refractivity contribution >= 4 is 81.7 Å². The van der Waals surface area contributed by atoms with Crippen LogP contribution in [0, 0.1) is 6.92 Å². The van der Waals surface area contributed by atoms with Gasteiger partial charge in [-0.1, -0.05) is 78.1 Å². The molecule has 0 aromatic heterocycles. The third-order valence-corrected chi connectivity index (χ3v) is 8.80. The van der Waals surface area contributed by atoms with E-state index in [2.05, 4.69) is 16.0 Å². The van der Waals surface area contributed by atoms with Gasteiger partial charge in [0.2, 0.25) is 5.91 Å². The number of benzene rings is 4. The number of rotatable bonds is 10. The number of hydrogen-bond acceptors (Lipinski definition) is 4. The molecule has 4 aromatic carbocycles. The van der Waals surface area contributed by atoms with Gasteiger partial charge in [0.1, 0.15) is 5.70 Å². The van der Waals surface area contributed by atoms with Crippen molar-refractivity contribution < 1.29 is 14.4 Å². The summed E-state index contributed by atoms with van der Waals surface area (Å²) in [5.74, 6) is -1.21. The fourth-order valence-corrected chi connectivity index (χ4v) is 5.72. The summed E-state index contributed by atoms with van der Waals surface area (Å²) in [6, 6.07) is 26.0. The smallest absolute Gasteiger partial charge is 0.272 e. The summed E-state index contributed by atoms with van der Waals surface area (Å²) >= 11 is 20.3. The molecule has 4 aromatic rings. The van der Waals surface area contributed by atoms with Gasteiger partial charge < -0.3 is 16.0 Å². The normalized spacial score (nSPS) is 11.9. The SMILES string of the molecule is CCC(Sc1cccc(NC(=O)/C(=C\c2c(Cl)cccc2Cl)NC(=O)c2ccccc2)c1)C(=O)Nc1cccc(Cl)c1C. The predicted molar refractivity (Wildman–Crippen MR) is 178 cm³/mol. The number of carbonyl (C=O) groups excluding carboxylic acids is 3. The molecule has 1 atom stereocenters. The van der Waals surface area contributed by atoms with Crippen molar-refractivity contribution in [2.24, 2.45) is 0 Å². The van der Waals surface area contributed by atoms with E-state index in [0.717, 1.165) is 10.5 Å². The summed E-state index contributed by atoms with van der Waals surface area (Å²) in [7, 11) is 0. The minimum absolute atomic E-state index is 0.0513. The van der Waals surface area contributed by atoms with Gasteiger partial charge in [0.25, 0.3) is 11.8 Å². The average molecular weight is 653 g/mol. The van der Waals surface area contributed by atoms with Gasteiger partial charge in [0.05, 0.1) is 5.25 Å². The lowest BCUT2D eigenvalue weighted by atomic mass is 10.1. The first kappa shape index (κ1) is 32.2. The third kappa shape index (κ3) is 8.65. The number of anilines is 2. The molecule has 1 unspecified atom stereocenters. The maximum Gasteiger partial charge on any atom is 0.272 e. The Morgan fingerprint density at radius 1 is 0.814 bits per heavy atom. The maximum atomic E-state index is 13.5. The van der Waals surface area contributed by atoms with Crippen LogP contribution in [0.15, 0.2) is 102 Å². The Morgan fingerprint density at radius 2 is 1.47 bits per heavy atom. The Hall–Kier alpha value is -3.75. The highest BCUT2D eigenvalue weighted by molar-refractivity contribution is 8.00. The fraction of sp³-hybridized carbons (Fsp3) is 0.121. The largest absolute Gasteiger partial charge is 0.325 e. The molecule has 3 N–H and O–H groups in total. The van der Waals surface area contributed by atoms with Crippen LogP contribution in [-0.2, 0) is 9.59 Å². The Kier molecular flexibility index (Phi) is 11.3. The van der Waals surface area contributed by atoms with Crippen LogP contribution in [-0.4, -0.2) is 23.0 Å². The Balaban J connectivity index is 1.54. The van der Waals surface area contributed by atoms with Gasteiger partial charge in [-0.25, -0.2) is 0 Å². The van der Waals surface area contributed by atoms with Gasteiger partial charge in [0, 0.05) is 42.5 Å². The van der Waals surface area contributed by atoms with Crippen LogP contribution < -0.4 is 16.0 Å². The van der Waals surface area contributed by atoms with E-state index in [1.807, 2.05) is 26.0 Å². The second kappa shape index (κ2) is 15.1. The van der Waals surface area contributed by atoms with E-state index in [1.54, 1.807) is 78.9 Å². The number of thioether (sulfide) groups is 1. The minimum Gasteiger partial charge on any atom is -0.325 e. The van der Waals surface area contributed by atoms with Crippen LogP contribution in [0.3, 0.4) is 0 Å². The molecule has 4 rings (SSSR count). The van der Waals surface area contributed by atoms with Crippen LogP contribution >= 0.6 is 46.6 Å². The lowest BCUT2D eigenvalue weighted by molar-refractivity contribution is -0.116. The van der Waals surface area contributed by atoms with Crippen molar-refractivity contribution in [2.45, 2.75) is 30.4 Å². The van der Waals surface area contributed by atoms with E-state index >= 15 is 0 Å². The Morgan fingerprint density at radius 3 is 2.16 bits per heavy atom. The molecule has 43 heavy (non-hydrogen) atoms. The predicted octanol–water partition coefficient (Wildman–Crippen LogP) is 8.87. The highest BCUT2D eigenvalue weighted by atomic mass is 35.5. The Labute approximate surface area is 269 Å². The van der Waals surface area contributed by atoms with E-state index in [1.165, 1.54) is 17.8 Å². The van der Waals surface area contributed by atoms with E-state index < -0.39 is 17.1 Å². The Bertz CT molecular complexity index is 1660. The van der Waals surface area contributed by atoms with Crippen molar-refractivity contribution in [3.05, 3.63) is 128 Å². The zero-order valence-electron chi connectivity index (χ0n) is 23.3. The summed E-state index contributed by atoms with van der Waals surface area (Å²) in [4.78, 5) is 40.3. The summed E-state index contributed by atoms with van der Waals surface area (Å²) in [5.41, 5.74) is 2.64. The third-order valence-electron chi connectivity index (χ3n) is 6.38. The summed E-state index contributed by atoms with van der Waals surface area (Å²) in [5, 5.41) is 9.31. The first-order chi connectivity index (χ1) is 20.7. The van der Waals surface area contributed by atoms with Crippen LogP contribution in [0.1, 0.15) is 34.8 Å². The molecule has 0 aliphatic rings. The molecule has 0 bridgehead atoms. The minimum atomic E-state index is -0.580. The number of hydrogen-bond donors (Lipinski definition) is 3. The molecule has 3 amide bonds. The molecule has 6 nitrogen and oxygen atoms in total. The molecule has 0 heterocycles. The highest BCUT2D eigenvalue weighted by Crippen LogP contribution is 2.31. The summed E-state index contributed by atoms with van der Waals surface area (Å²) in [6.45, 7) is 3.78. The first-order valence-electron chi connectivity index (χ1n) is 13.3. The zero-order chi connectivity index (χ0) is 30.9. The molecule has 0 fully saturated rings. The van der Waals surface area contributed by atoms with Gasteiger partial charge in [-0.2, -0.15) is 0 Å². The topological polar surface area (TPSA) is 87.3 Å². The molecule has 0 saturated heterocycles. The lowest BCUT2D eigenvalue weighted by Crippen LogP contribution is -2.30. The second-order valence-corrected chi connectivity index (χ2v) is 11.9. The number of halogens is 3. The number of amides is 3. The van der Waals surface area contributed by atoms with Gasteiger partial charge in [-0.3, -0.25) is 14.4 Å². The van der Waals surface area contributed by atoms with E-state index in [-0.39, 0.29) is 11.6 Å². The average Bonchev–Trinajstić information content (AvgIpc) is 3.00. The molecular weight excluding hydrogens is 625 g/mol.